The number of hydrogen-bond donors (Lipinski definition) is 0. The number of thioether (sulfide) groups is 1. The Hall–Kier alpha value is -1.53. The number of rotatable bonds is 1. The molecule has 2 aliphatic rings. The van der Waals surface area contributed by atoms with Crippen molar-refractivity contribution < 1.29 is 14.4 Å². The molecule has 1 saturated heterocycles. The minimum Gasteiger partial charge on any atom is -0.417 e. The molecule has 23 heavy (non-hydrogen) atoms. The van der Waals surface area contributed by atoms with E-state index in [2.05, 4.69) is 0 Å². The van der Waals surface area contributed by atoms with E-state index in [9.17, 15) is 4.79 Å². The van der Waals surface area contributed by atoms with Gasteiger partial charge in [0.05, 0.1) is 11.6 Å². The van der Waals surface area contributed by atoms with Crippen LogP contribution in [0.3, 0.4) is 0 Å². The van der Waals surface area contributed by atoms with E-state index in [1.165, 1.54) is 11.8 Å². The second-order valence-corrected chi connectivity index (χ2v) is 7.28. The lowest BCUT2D eigenvalue weighted by molar-refractivity contribution is -0.229. The van der Waals surface area contributed by atoms with Gasteiger partial charge in [0.1, 0.15) is 0 Å². The maximum atomic E-state index is 12.3. The molecule has 0 bridgehead atoms. The summed E-state index contributed by atoms with van der Waals surface area (Å²) in [6.45, 7) is 0. The van der Waals surface area contributed by atoms with Crippen molar-refractivity contribution in [1.29, 1.82) is 0 Å². The Morgan fingerprint density at radius 3 is 2.74 bits per heavy atom. The fraction of sp³-hybridized carbons (Fsp3) is 0.235. The van der Waals surface area contributed by atoms with E-state index in [-0.39, 0.29) is 12.0 Å². The van der Waals surface area contributed by atoms with Gasteiger partial charge in [0.2, 0.25) is 0 Å². The molecule has 1 fully saturated rings. The number of hydroxylamine groups is 2. The minimum atomic E-state index is -1.01. The largest absolute Gasteiger partial charge is 0.417 e. The quantitative estimate of drug-likeness (QED) is 0.720. The maximum Gasteiger partial charge on any atom is 0.342 e. The van der Waals surface area contributed by atoms with Crippen LogP contribution in [-0.4, -0.2) is 23.2 Å². The normalized spacial score (nSPS) is 27.0. The Labute approximate surface area is 143 Å². The summed E-state index contributed by atoms with van der Waals surface area (Å²) in [5.74, 6) is -0.343. The van der Waals surface area contributed by atoms with E-state index < -0.39 is 5.12 Å². The van der Waals surface area contributed by atoms with Gasteiger partial charge >= 0.3 is 5.97 Å². The number of esters is 1. The molecule has 0 aliphatic carbocycles. The molecule has 1 spiro atoms. The summed E-state index contributed by atoms with van der Waals surface area (Å²) in [5.41, 5.74) is 1.66. The number of hydrogen-bond acceptors (Lipinski definition) is 5. The first-order valence-electron chi connectivity index (χ1n) is 7.25. The molecule has 2 atom stereocenters. The van der Waals surface area contributed by atoms with Crippen LogP contribution >= 0.6 is 23.4 Å². The van der Waals surface area contributed by atoms with Crippen molar-refractivity contribution >= 4 is 29.3 Å². The number of fused-ring (bicyclic) bond motifs is 1. The lowest BCUT2D eigenvalue weighted by Crippen LogP contribution is -2.35. The van der Waals surface area contributed by atoms with E-state index in [0.717, 1.165) is 10.5 Å². The average molecular weight is 348 g/mol. The molecule has 0 amide bonds. The first-order chi connectivity index (χ1) is 11.1. The molecule has 0 aromatic heterocycles. The molecule has 2 unspecified atom stereocenters. The molecule has 0 saturated carbocycles. The fourth-order valence-electron chi connectivity index (χ4n) is 2.93. The molecule has 2 aromatic carbocycles. The van der Waals surface area contributed by atoms with Crippen LogP contribution in [0.1, 0.15) is 28.4 Å². The second-order valence-electron chi connectivity index (χ2n) is 5.58. The second kappa shape index (κ2) is 5.53. The van der Waals surface area contributed by atoms with E-state index in [4.69, 9.17) is 21.2 Å². The molecular formula is C17H14ClNO3S. The zero-order valence-corrected chi connectivity index (χ0v) is 13.9. The van der Waals surface area contributed by atoms with Crippen molar-refractivity contribution in [3.63, 3.8) is 0 Å². The molecule has 2 aromatic rings. The van der Waals surface area contributed by atoms with Gasteiger partial charge in [-0.1, -0.05) is 35.9 Å². The Bertz CT molecular complexity index is 767. The van der Waals surface area contributed by atoms with Gasteiger partial charge in [-0.2, -0.15) is 5.06 Å². The van der Waals surface area contributed by atoms with E-state index in [1.54, 1.807) is 11.1 Å². The van der Waals surface area contributed by atoms with Crippen LogP contribution in [0, 0.1) is 0 Å². The summed E-state index contributed by atoms with van der Waals surface area (Å²) >= 11 is 7.40. The van der Waals surface area contributed by atoms with Gasteiger partial charge in [0.25, 0.3) is 5.12 Å². The minimum absolute atomic E-state index is 0.00201. The third-order valence-electron chi connectivity index (χ3n) is 4.04. The number of carbonyl (C=O) groups excluding carboxylic acids is 1. The van der Waals surface area contributed by atoms with E-state index >= 15 is 0 Å². The van der Waals surface area contributed by atoms with Gasteiger partial charge in [-0.15, -0.1) is 0 Å². The van der Waals surface area contributed by atoms with Crippen molar-refractivity contribution in [2.75, 3.05) is 7.05 Å². The van der Waals surface area contributed by atoms with Crippen LogP contribution in [0.25, 0.3) is 0 Å². The van der Waals surface area contributed by atoms with Crippen molar-refractivity contribution in [3.8, 4) is 0 Å². The molecule has 0 N–H and O–H groups in total. The number of carbonyl (C=O) groups is 1. The standard InChI is InChI=1S/C17H14ClNO3S/c1-19-14(11-6-8-12(18)9-7-11)10-17(22-19)21-16(20)13-4-2-3-5-15(13)23-17/h2-9,14H,10H2,1H3. The molecule has 2 heterocycles. The highest BCUT2D eigenvalue weighted by Gasteiger charge is 2.52. The topological polar surface area (TPSA) is 38.8 Å². The highest BCUT2D eigenvalue weighted by atomic mass is 35.5. The van der Waals surface area contributed by atoms with Crippen molar-refractivity contribution in [3.05, 3.63) is 64.7 Å². The van der Waals surface area contributed by atoms with E-state index in [1.807, 2.05) is 49.5 Å². The molecule has 6 heteroatoms. The summed E-state index contributed by atoms with van der Waals surface area (Å²) < 4.78 is 5.64. The smallest absolute Gasteiger partial charge is 0.342 e. The van der Waals surface area contributed by atoms with Gasteiger partial charge in [0, 0.05) is 23.4 Å². The highest BCUT2D eigenvalue weighted by Crippen LogP contribution is 2.52. The Balaban J connectivity index is 1.64. The zero-order chi connectivity index (χ0) is 16.0. The third kappa shape index (κ3) is 2.64. The first kappa shape index (κ1) is 15.0. The van der Waals surface area contributed by atoms with Crippen LogP contribution < -0.4 is 0 Å². The third-order valence-corrected chi connectivity index (χ3v) is 5.50. The average Bonchev–Trinajstić information content (AvgIpc) is 2.84. The molecular weight excluding hydrogens is 334 g/mol. The Morgan fingerprint density at radius 2 is 1.96 bits per heavy atom. The highest BCUT2D eigenvalue weighted by molar-refractivity contribution is 8.00. The summed E-state index contributed by atoms with van der Waals surface area (Å²) in [6.07, 6.45) is 0.551. The zero-order valence-electron chi connectivity index (χ0n) is 12.4. The van der Waals surface area contributed by atoms with Gasteiger partial charge in [-0.25, -0.2) is 9.63 Å². The molecule has 0 radical (unpaired) electrons. The molecule has 4 rings (SSSR count). The van der Waals surface area contributed by atoms with Gasteiger partial charge < -0.3 is 4.74 Å². The summed E-state index contributed by atoms with van der Waals surface area (Å²) in [6, 6.07) is 15.1. The summed E-state index contributed by atoms with van der Waals surface area (Å²) in [4.78, 5) is 19.1. The van der Waals surface area contributed by atoms with Gasteiger partial charge in [-0.3, -0.25) is 0 Å². The van der Waals surface area contributed by atoms with Crippen LogP contribution in [0.5, 0.6) is 0 Å². The van der Waals surface area contributed by atoms with Crippen LogP contribution in [0.4, 0.5) is 0 Å². The monoisotopic (exact) mass is 347 g/mol. The van der Waals surface area contributed by atoms with Crippen LogP contribution in [0.2, 0.25) is 5.02 Å². The van der Waals surface area contributed by atoms with Crippen LogP contribution in [-0.2, 0) is 9.57 Å². The maximum absolute atomic E-state index is 12.3. The first-order valence-corrected chi connectivity index (χ1v) is 8.45. The fourth-order valence-corrected chi connectivity index (χ4v) is 4.31. The van der Waals surface area contributed by atoms with Gasteiger partial charge in [-0.05, 0) is 41.6 Å². The lowest BCUT2D eigenvalue weighted by atomic mass is 10.0. The number of ether oxygens (including phenoxy) is 1. The SMILES string of the molecule is CN1OC2(CC1c1ccc(Cl)cc1)OC(=O)c1ccccc1S2. The molecule has 4 nitrogen and oxygen atoms in total. The lowest BCUT2D eigenvalue weighted by Gasteiger charge is -2.31. The summed E-state index contributed by atoms with van der Waals surface area (Å²) in [7, 11) is 1.85. The molecule has 118 valence electrons. The predicted octanol–water partition coefficient (Wildman–Crippen LogP) is 4.26. The van der Waals surface area contributed by atoms with Crippen molar-refractivity contribution in [1.82, 2.24) is 5.06 Å². The van der Waals surface area contributed by atoms with Gasteiger partial charge in [0.15, 0.2) is 0 Å². The summed E-state index contributed by atoms with van der Waals surface area (Å²) in [5, 5.41) is 1.43. The Kier molecular flexibility index (Phi) is 3.61. The molecule has 2 aliphatic heterocycles. The number of halogens is 1. The van der Waals surface area contributed by atoms with Crippen molar-refractivity contribution in [2.24, 2.45) is 0 Å². The number of nitrogens with zero attached hydrogens (tertiary/aromatic N) is 1. The number of benzene rings is 2. The van der Waals surface area contributed by atoms with Crippen LogP contribution in [0.15, 0.2) is 53.4 Å². The predicted molar refractivity (Wildman–Crippen MR) is 88.1 cm³/mol. The van der Waals surface area contributed by atoms with Crippen molar-refractivity contribution in [2.45, 2.75) is 22.5 Å². The Morgan fingerprint density at radius 1 is 1.22 bits per heavy atom. The van der Waals surface area contributed by atoms with E-state index in [0.29, 0.717) is 17.0 Å².